The minimum absolute atomic E-state index is 0.285. The predicted molar refractivity (Wildman–Crippen MR) is 145 cm³/mol. The van der Waals surface area contributed by atoms with Crippen molar-refractivity contribution < 1.29 is 19.1 Å². The number of hydrogen-bond donors (Lipinski definition) is 1. The van der Waals surface area contributed by atoms with Crippen LogP contribution in [0.1, 0.15) is 43.5 Å². The molecule has 8 heteroatoms. The lowest BCUT2D eigenvalue weighted by Gasteiger charge is -2.27. The number of rotatable bonds is 9. The molecular formula is C27H29NO4S3. The molecular weight excluding hydrogens is 499 g/mol. The van der Waals surface area contributed by atoms with Crippen LogP contribution in [0.25, 0.3) is 0 Å². The third-order valence-corrected chi connectivity index (χ3v) is 7.60. The number of ether oxygens (including phenoxy) is 1. The number of carbonyl (C=O) groups is 3. The summed E-state index contributed by atoms with van der Waals surface area (Å²) < 4.78 is 5.45. The molecule has 0 aliphatic carbocycles. The van der Waals surface area contributed by atoms with E-state index in [2.05, 4.69) is 5.32 Å². The highest BCUT2D eigenvalue weighted by Gasteiger charge is 2.38. The highest BCUT2D eigenvalue weighted by atomic mass is 32.2. The summed E-state index contributed by atoms with van der Waals surface area (Å²) in [5.74, 6) is -0.190. The summed E-state index contributed by atoms with van der Waals surface area (Å²) in [5.41, 5.74) is 1.97. The van der Waals surface area contributed by atoms with Gasteiger partial charge in [0.25, 0.3) is 0 Å². The molecule has 3 rings (SSSR count). The first kappa shape index (κ1) is 27.0. The van der Waals surface area contributed by atoms with Crippen LogP contribution >= 0.6 is 34.9 Å². The van der Waals surface area contributed by atoms with Gasteiger partial charge in [0.1, 0.15) is 11.5 Å². The zero-order valence-corrected chi connectivity index (χ0v) is 22.4. The first-order valence-electron chi connectivity index (χ1n) is 11.2. The third kappa shape index (κ3) is 8.87. The molecule has 0 radical (unpaired) electrons. The highest BCUT2D eigenvalue weighted by Crippen LogP contribution is 2.34. The lowest BCUT2D eigenvalue weighted by Crippen LogP contribution is -2.41. The van der Waals surface area contributed by atoms with Crippen LogP contribution in [0.4, 0.5) is 4.79 Å². The van der Waals surface area contributed by atoms with Crippen LogP contribution < -0.4 is 5.32 Å². The summed E-state index contributed by atoms with van der Waals surface area (Å²) in [6.45, 7) is 5.31. The molecule has 0 fully saturated rings. The Hall–Kier alpha value is -2.55. The van der Waals surface area contributed by atoms with Crippen LogP contribution in [0, 0.1) is 5.92 Å². The maximum Gasteiger partial charge on any atom is 0.408 e. The third-order valence-electron chi connectivity index (χ3n) is 4.86. The summed E-state index contributed by atoms with van der Waals surface area (Å²) >= 11 is 3.62. The van der Waals surface area contributed by atoms with Gasteiger partial charge in [-0.15, -0.1) is 0 Å². The molecule has 0 aliphatic rings. The van der Waals surface area contributed by atoms with Gasteiger partial charge in [-0.05, 0) is 54.3 Å². The van der Waals surface area contributed by atoms with Crippen LogP contribution in [0.2, 0.25) is 0 Å². The summed E-state index contributed by atoms with van der Waals surface area (Å²) in [6, 6.07) is 20.2. The molecule has 0 unspecified atom stereocenters. The molecule has 1 atom stereocenters. The average Bonchev–Trinajstić information content (AvgIpc) is 3.36. The highest BCUT2D eigenvalue weighted by molar-refractivity contribution is 8.15. The summed E-state index contributed by atoms with van der Waals surface area (Å²) in [6.07, 6.45) is -0.666. The first-order valence-corrected chi connectivity index (χ1v) is 14.1. The van der Waals surface area contributed by atoms with E-state index in [0.717, 1.165) is 34.7 Å². The van der Waals surface area contributed by atoms with Crippen molar-refractivity contribution in [3.63, 3.8) is 0 Å². The monoisotopic (exact) mass is 527 g/mol. The van der Waals surface area contributed by atoms with Crippen molar-refractivity contribution in [2.24, 2.45) is 5.92 Å². The van der Waals surface area contributed by atoms with E-state index in [1.807, 2.05) is 77.5 Å². The van der Waals surface area contributed by atoms with Crippen LogP contribution in [0.5, 0.6) is 0 Å². The number of benzene rings is 2. The lowest BCUT2D eigenvalue weighted by molar-refractivity contribution is -0.124. The SMILES string of the molecule is CC(C)(C)OC(=O)N[C@@H](c1ccsc1)C(C(=O)SCc1ccccc1)C(=O)SCc1ccccc1. The molecule has 1 aromatic heterocycles. The van der Waals surface area contributed by atoms with Crippen molar-refractivity contribution in [2.45, 2.75) is 43.9 Å². The lowest BCUT2D eigenvalue weighted by atomic mass is 9.97. The number of nitrogens with one attached hydrogen (secondary N) is 1. The van der Waals surface area contributed by atoms with E-state index in [-0.39, 0.29) is 10.2 Å². The number of thioether (sulfide) groups is 2. The van der Waals surface area contributed by atoms with Gasteiger partial charge in [0.2, 0.25) is 10.2 Å². The molecule has 1 heterocycles. The van der Waals surface area contributed by atoms with E-state index >= 15 is 0 Å². The number of alkyl carbamates (subject to hydrolysis) is 1. The van der Waals surface area contributed by atoms with Crippen LogP contribution in [-0.2, 0) is 25.8 Å². The van der Waals surface area contributed by atoms with Crippen molar-refractivity contribution in [3.05, 3.63) is 94.2 Å². The second-order valence-electron chi connectivity index (χ2n) is 8.84. The van der Waals surface area contributed by atoms with E-state index in [1.54, 1.807) is 20.8 Å². The molecule has 0 saturated carbocycles. The van der Waals surface area contributed by atoms with E-state index in [9.17, 15) is 14.4 Å². The molecule has 184 valence electrons. The van der Waals surface area contributed by atoms with Crippen LogP contribution in [-0.4, -0.2) is 21.9 Å². The predicted octanol–water partition coefficient (Wildman–Crippen LogP) is 6.85. The zero-order valence-electron chi connectivity index (χ0n) is 19.9. The van der Waals surface area contributed by atoms with Crippen molar-refractivity contribution >= 4 is 51.2 Å². The van der Waals surface area contributed by atoms with Gasteiger partial charge in [-0.25, -0.2) is 4.79 Å². The maximum atomic E-state index is 13.5. The summed E-state index contributed by atoms with van der Waals surface area (Å²) in [7, 11) is 0. The normalized spacial score (nSPS) is 12.2. The number of hydrogen-bond acceptors (Lipinski definition) is 7. The van der Waals surface area contributed by atoms with Gasteiger partial charge in [-0.1, -0.05) is 84.2 Å². The van der Waals surface area contributed by atoms with Gasteiger partial charge in [0, 0.05) is 11.5 Å². The fourth-order valence-corrected chi connectivity index (χ4v) is 5.87. The van der Waals surface area contributed by atoms with Crippen molar-refractivity contribution in [2.75, 3.05) is 0 Å². The molecule has 3 aromatic rings. The summed E-state index contributed by atoms with van der Waals surface area (Å²) in [5, 5.41) is 5.95. The van der Waals surface area contributed by atoms with E-state index < -0.39 is 23.7 Å². The second kappa shape index (κ2) is 13.0. The van der Waals surface area contributed by atoms with Gasteiger partial charge < -0.3 is 10.1 Å². The Balaban J connectivity index is 1.85. The van der Waals surface area contributed by atoms with Gasteiger partial charge in [-0.3, -0.25) is 9.59 Å². The molecule has 2 aromatic carbocycles. The Labute approximate surface area is 219 Å². The summed E-state index contributed by atoms with van der Waals surface area (Å²) in [4.78, 5) is 39.7. The van der Waals surface area contributed by atoms with E-state index in [1.165, 1.54) is 11.3 Å². The van der Waals surface area contributed by atoms with Gasteiger partial charge in [-0.2, -0.15) is 11.3 Å². The van der Waals surface area contributed by atoms with Gasteiger partial charge in [0.05, 0.1) is 6.04 Å². The first-order chi connectivity index (χ1) is 16.7. The van der Waals surface area contributed by atoms with Crippen LogP contribution in [0.15, 0.2) is 77.5 Å². The minimum Gasteiger partial charge on any atom is -0.444 e. The fourth-order valence-electron chi connectivity index (χ4n) is 3.25. The van der Waals surface area contributed by atoms with E-state index in [4.69, 9.17) is 4.74 Å². The van der Waals surface area contributed by atoms with Gasteiger partial charge in [0.15, 0.2) is 0 Å². The number of thiophene rings is 1. The Morgan fingerprint density at radius 3 is 1.80 bits per heavy atom. The average molecular weight is 528 g/mol. The van der Waals surface area contributed by atoms with E-state index in [0.29, 0.717) is 17.1 Å². The fraction of sp³-hybridized carbons (Fsp3) is 0.296. The smallest absolute Gasteiger partial charge is 0.408 e. The molecule has 0 aliphatic heterocycles. The second-order valence-corrected chi connectivity index (χ2v) is 11.6. The molecule has 0 bridgehead atoms. The van der Waals surface area contributed by atoms with Crippen molar-refractivity contribution in [1.29, 1.82) is 0 Å². The zero-order chi connectivity index (χ0) is 25.3. The minimum atomic E-state index is -1.07. The Kier molecular flexibility index (Phi) is 10.0. The largest absolute Gasteiger partial charge is 0.444 e. The molecule has 1 amide bonds. The van der Waals surface area contributed by atoms with Crippen molar-refractivity contribution in [1.82, 2.24) is 5.32 Å². The molecule has 35 heavy (non-hydrogen) atoms. The topological polar surface area (TPSA) is 72.5 Å². The molecule has 1 N–H and O–H groups in total. The quantitative estimate of drug-likeness (QED) is 0.307. The van der Waals surface area contributed by atoms with Crippen molar-refractivity contribution in [3.8, 4) is 0 Å². The Morgan fingerprint density at radius 1 is 0.857 bits per heavy atom. The molecule has 5 nitrogen and oxygen atoms in total. The molecule has 0 saturated heterocycles. The Morgan fingerprint density at radius 2 is 1.37 bits per heavy atom. The Bertz CT molecular complexity index is 1040. The number of carbonyl (C=O) groups excluding carboxylic acids is 3. The van der Waals surface area contributed by atoms with Gasteiger partial charge >= 0.3 is 6.09 Å². The van der Waals surface area contributed by atoms with Crippen LogP contribution in [0.3, 0.4) is 0 Å². The molecule has 0 spiro atoms. The maximum absolute atomic E-state index is 13.5. The standard InChI is InChI=1S/C27H29NO4S3/c1-27(2,3)32-26(31)28-23(21-14-15-33-18-21)22(24(29)34-16-19-10-6-4-7-11-19)25(30)35-17-20-12-8-5-9-13-20/h4-15,18,22-23H,16-17H2,1-3H3,(H,28,31)/t23-/m0/s1. The number of amides is 1.